The summed E-state index contributed by atoms with van der Waals surface area (Å²) in [4.78, 5) is 0. The van der Waals surface area contributed by atoms with Crippen molar-refractivity contribution in [2.75, 3.05) is 6.61 Å². The average Bonchev–Trinajstić information content (AvgIpc) is 2.53. The zero-order valence-electron chi connectivity index (χ0n) is 16.2. The van der Waals surface area contributed by atoms with Crippen molar-refractivity contribution in [3.05, 3.63) is 29.3 Å². The minimum absolute atomic E-state index is 0. The van der Waals surface area contributed by atoms with E-state index in [-0.39, 0.29) is 36.2 Å². The third kappa shape index (κ3) is 10.00. The first-order valence-corrected chi connectivity index (χ1v) is 10.5. The van der Waals surface area contributed by atoms with Gasteiger partial charge in [0.25, 0.3) is 0 Å². The molecule has 25 heavy (non-hydrogen) atoms. The summed E-state index contributed by atoms with van der Waals surface area (Å²) in [5.41, 5.74) is 2.30. The molecule has 138 valence electrons. The van der Waals surface area contributed by atoms with Gasteiger partial charge < -0.3 is 9.29 Å². The number of hydrogen-bond acceptors (Lipinski definition) is 4. The van der Waals surface area contributed by atoms with Gasteiger partial charge in [0.2, 0.25) is 0 Å². The van der Waals surface area contributed by atoms with Crippen LogP contribution in [0.25, 0.3) is 0 Å². The predicted octanol–water partition coefficient (Wildman–Crippen LogP) is 1.47. The van der Waals surface area contributed by atoms with Crippen LogP contribution in [0.2, 0.25) is 0 Å². The second-order valence-corrected chi connectivity index (χ2v) is 8.26. The molecule has 0 aliphatic rings. The number of ether oxygens (including phenoxy) is 1. The Labute approximate surface area is 175 Å². The first-order valence-electron chi connectivity index (χ1n) is 9.07. The molecule has 0 N–H and O–H groups in total. The van der Waals surface area contributed by atoms with E-state index in [2.05, 4.69) is 26.0 Å². The Kier molecular flexibility index (Phi) is 13.1. The normalized spacial score (nSPS) is 12.5. The zero-order chi connectivity index (χ0) is 18.0. The largest absolute Gasteiger partial charge is 1.00 e. The van der Waals surface area contributed by atoms with E-state index < -0.39 is 15.4 Å². The Bertz CT molecular complexity index is 587. The SMILES string of the molecule is CCCCCc1ccc(CCCCC)c(OCC(C)S(=O)(=O)[O-])c1.[Na+]. The fourth-order valence-electron chi connectivity index (χ4n) is 2.53. The number of aryl methyl sites for hydroxylation is 2. The first kappa shape index (κ1) is 24.9. The molecule has 0 aliphatic carbocycles. The quantitative estimate of drug-likeness (QED) is 0.314. The van der Waals surface area contributed by atoms with Crippen molar-refractivity contribution in [2.24, 2.45) is 0 Å². The van der Waals surface area contributed by atoms with Gasteiger partial charge in [-0.05, 0) is 49.8 Å². The minimum atomic E-state index is -4.31. The molecule has 0 radical (unpaired) electrons. The molecule has 6 heteroatoms. The van der Waals surface area contributed by atoms with Crippen LogP contribution < -0.4 is 34.3 Å². The molecule has 0 aliphatic heterocycles. The molecule has 0 bridgehead atoms. The van der Waals surface area contributed by atoms with Gasteiger partial charge in [0.05, 0.1) is 5.25 Å². The van der Waals surface area contributed by atoms with Crippen molar-refractivity contribution in [1.29, 1.82) is 0 Å². The number of benzene rings is 1. The van der Waals surface area contributed by atoms with Crippen LogP contribution >= 0.6 is 0 Å². The van der Waals surface area contributed by atoms with Crippen LogP contribution in [0.3, 0.4) is 0 Å². The van der Waals surface area contributed by atoms with Gasteiger partial charge in [-0.15, -0.1) is 0 Å². The summed E-state index contributed by atoms with van der Waals surface area (Å²) in [5.74, 6) is 0.732. The van der Waals surface area contributed by atoms with Gasteiger partial charge >= 0.3 is 29.6 Å². The van der Waals surface area contributed by atoms with Crippen LogP contribution in [0.5, 0.6) is 5.75 Å². The van der Waals surface area contributed by atoms with E-state index in [4.69, 9.17) is 4.74 Å². The van der Waals surface area contributed by atoms with E-state index in [0.29, 0.717) is 0 Å². The number of unbranched alkanes of at least 4 members (excludes halogenated alkanes) is 4. The fourth-order valence-corrected chi connectivity index (χ4v) is 2.77. The number of rotatable bonds is 12. The van der Waals surface area contributed by atoms with Gasteiger partial charge in [0, 0.05) is 0 Å². The van der Waals surface area contributed by atoms with E-state index in [1.54, 1.807) is 0 Å². The summed E-state index contributed by atoms with van der Waals surface area (Å²) >= 11 is 0. The Morgan fingerprint density at radius 1 is 1.04 bits per heavy atom. The maximum atomic E-state index is 11.1. The van der Waals surface area contributed by atoms with Crippen LogP contribution in [0.1, 0.15) is 70.4 Å². The Balaban J connectivity index is 0.00000576. The summed E-state index contributed by atoms with van der Waals surface area (Å²) in [6.07, 6.45) is 8.80. The maximum Gasteiger partial charge on any atom is 1.00 e. The van der Waals surface area contributed by atoms with E-state index in [1.807, 2.05) is 6.07 Å². The molecule has 0 heterocycles. The molecule has 4 nitrogen and oxygen atoms in total. The molecule has 1 unspecified atom stereocenters. The molecule has 0 amide bonds. The van der Waals surface area contributed by atoms with E-state index >= 15 is 0 Å². The van der Waals surface area contributed by atoms with Crippen molar-refractivity contribution in [3.63, 3.8) is 0 Å². The maximum absolute atomic E-state index is 11.1. The predicted molar refractivity (Wildman–Crippen MR) is 97.6 cm³/mol. The zero-order valence-corrected chi connectivity index (χ0v) is 19.0. The molecule has 0 saturated carbocycles. The second-order valence-electron chi connectivity index (χ2n) is 6.47. The van der Waals surface area contributed by atoms with Gasteiger partial charge in [-0.2, -0.15) is 0 Å². The van der Waals surface area contributed by atoms with Crippen LogP contribution in [-0.4, -0.2) is 24.8 Å². The van der Waals surface area contributed by atoms with E-state index in [0.717, 1.165) is 49.8 Å². The Morgan fingerprint density at radius 2 is 1.64 bits per heavy atom. The third-order valence-corrected chi connectivity index (χ3v) is 5.34. The van der Waals surface area contributed by atoms with Gasteiger partial charge in [-0.3, -0.25) is 0 Å². The Hall–Kier alpha value is -0.0700. The summed E-state index contributed by atoms with van der Waals surface area (Å²) in [6.45, 7) is 5.64. The van der Waals surface area contributed by atoms with Gasteiger partial charge in [0.15, 0.2) is 0 Å². The summed E-state index contributed by atoms with van der Waals surface area (Å²) < 4.78 is 38.9. The summed E-state index contributed by atoms with van der Waals surface area (Å²) in [7, 11) is -4.31. The Morgan fingerprint density at radius 3 is 2.20 bits per heavy atom. The van der Waals surface area contributed by atoms with Gasteiger partial charge in [-0.1, -0.05) is 51.7 Å². The molecule has 0 saturated heterocycles. The summed E-state index contributed by atoms with van der Waals surface area (Å²) in [6, 6.07) is 6.24. The van der Waals surface area contributed by atoms with Crippen LogP contribution in [0.15, 0.2) is 18.2 Å². The van der Waals surface area contributed by atoms with Crippen molar-refractivity contribution in [1.82, 2.24) is 0 Å². The topological polar surface area (TPSA) is 66.4 Å². The molecular formula is C19H31NaO4S. The van der Waals surface area contributed by atoms with Crippen LogP contribution in [-0.2, 0) is 23.0 Å². The van der Waals surface area contributed by atoms with Crippen molar-refractivity contribution in [2.45, 2.75) is 77.4 Å². The fraction of sp³-hybridized carbons (Fsp3) is 0.684. The molecule has 0 fully saturated rings. The standard InChI is InChI=1S/C19H32O4S.Na/c1-4-6-8-10-17-12-13-18(11-9-7-5-2)19(14-17)23-15-16(3)24(20,21)22;/h12-14,16H,4-11,15H2,1-3H3,(H,20,21,22);/q;+1/p-1. The molecule has 1 aromatic rings. The molecule has 0 aromatic heterocycles. The van der Waals surface area contributed by atoms with Gasteiger partial charge in [-0.25, -0.2) is 8.42 Å². The third-order valence-electron chi connectivity index (χ3n) is 4.22. The minimum Gasteiger partial charge on any atom is -0.748 e. The molecule has 1 rings (SSSR count). The van der Waals surface area contributed by atoms with E-state index in [1.165, 1.54) is 25.3 Å². The molecule has 0 spiro atoms. The van der Waals surface area contributed by atoms with Crippen LogP contribution in [0.4, 0.5) is 0 Å². The molecule has 1 atom stereocenters. The molecular weight excluding hydrogens is 347 g/mol. The number of hydrogen-bond donors (Lipinski definition) is 0. The summed E-state index contributed by atoms with van der Waals surface area (Å²) in [5, 5.41) is -1.04. The van der Waals surface area contributed by atoms with Crippen molar-refractivity contribution >= 4 is 10.1 Å². The second kappa shape index (κ2) is 13.2. The van der Waals surface area contributed by atoms with Crippen molar-refractivity contribution in [3.8, 4) is 5.75 Å². The van der Waals surface area contributed by atoms with Crippen molar-refractivity contribution < 1.29 is 47.3 Å². The average molecular weight is 379 g/mol. The monoisotopic (exact) mass is 378 g/mol. The van der Waals surface area contributed by atoms with Crippen LogP contribution in [0, 0.1) is 0 Å². The smallest absolute Gasteiger partial charge is 0.748 e. The van der Waals surface area contributed by atoms with E-state index in [9.17, 15) is 13.0 Å². The van der Waals surface area contributed by atoms with Gasteiger partial charge in [0.1, 0.15) is 22.5 Å². The first-order chi connectivity index (χ1) is 11.4. The molecule has 1 aromatic carbocycles.